The Bertz CT molecular complexity index is 976. The minimum Gasteiger partial charge on any atom is -0.493 e. The highest BCUT2D eigenvalue weighted by Gasteiger charge is 2.20. The van der Waals surface area contributed by atoms with Gasteiger partial charge in [0.1, 0.15) is 0 Å². The van der Waals surface area contributed by atoms with Crippen LogP contribution in [0.5, 0.6) is 17.2 Å². The van der Waals surface area contributed by atoms with Crippen molar-refractivity contribution in [2.45, 2.75) is 19.4 Å². The van der Waals surface area contributed by atoms with Crippen molar-refractivity contribution in [1.29, 1.82) is 0 Å². The number of carbonyl (C=O) groups is 3. The largest absolute Gasteiger partial charge is 0.493 e. The van der Waals surface area contributed by atoms with Gasteiger partial charge in [-0.1, -0.05) is 12.1 Å². The van der Waals surface area contributed by atoms with Crippen molar-refractivity contribution >= 4 is 17.7 Å². The molecule has 0 atom stereocenters. The van der Waals surface area contributed by atoms with E-state index in [0.717, 1.165) is 31.5 Å². The van der Waals surface area contributed by atoms with Crippen LogP contribution in [0.3, 0.4) is 0 Å². The number of methoxy groups -OCH3 is 2. The molecule has 170 valence electrons. The normalized spacial score (nSPS) is 12.9. The first kappa shape index (κ1) is 22.9. The van der Waals surface area contributed by atoms with E-state index in [0.29, 0.717) is 5.56 Å². The third kappa shape index (κ3) is 5.48. The number of hydrogen-bond donors (Lipinski definition) is 2. The average molecular weight is 441 g/mol. The molecule has 0 saturated carbocycles. The Morgan fingerprint density at radius 2 is 1.66 bits per heavy atom. The standard InChI is InChI=1S/C23H27N3O6/c1-30-18-11-17(12-19(31-2)21(18)32-14-20(24)27)22(28)25-13-15-6-5-7-16(10-15)23(29)26-8-3-4-9-26/h5-7,10-12H,3-4,8-9,13-14H2,1-2H3,(H2,24,27)(H,25,28). The van der Waals surface area contributed by atoms with Crippen LogP contribution in [-0.4, -0.2) is 56.5 Å². The van der Waals surface area contributed by atoms with E-state index in [-0.39, 0.29) is 47.8 Å². The molecule has 1 saturated heterocycles. The molecule has 9 nitrogen and oxygen atoms in total. The Morgan fingerprint density at radius 3 is 2.25 bits per heavy atom. The van der Waals surface area contributed by atoms with Gasteiger partial charge in [-0.05, 0) is 42.7 Å². The summed E-state index contributed by atoms with van der Waals surface area (Å²) in [6, 6.07) is 10.2. The van der Waals surface area contributed by atoms with Crippen LogP contribution in [0.25, 0.3) is 0 Å². The summed E-state index contributed by atoms with van der Waals surface area (Å²) >= 11 is 0. The minimum absolute atomic E-state index is 0.0108. The molecule has 2 aromatic rings. The predicted molar refractivity (Wildman–Crippen MR) is 117 cm³/mol. The summed E-state index contributed by atoms with van der Waals surface area (Å²) in [5, 5.41) is 2.83. The fourth-order valence-corrected chi connectivity index (χ4v) is 3.50. The van der Waals surface area contributed by atoms with Crippen LogP contribution in [0.4, 0.5) is 0 Å². The van der Waals surface area contributed by atoms with Crippen LogP contribution < -0.4 is 25.3 Å². The van der Waals surface area contributed by atoms with Gasteiger partial charge in [0.05, 0.1) is 14.2 Å². The number of amides is 3. The fraction of sp³-hybridized carbons (Fsp3) is 0.348. The Labute approximate surface area is 186 Å². The second-order valence-electron chi connectivity index (χ2n) is 7.35. The second-order valence-corrected chi connectivity index (χ2v) is 7.35. The Hall–Kier alpha value is -3.75. The Morgan fingerprint density at radius 1 is 1.00 bits per heavy atom. The molecule has 1 aliphatic heterocycles. The molecule has 0 radical (unpaired) electrons. The van der Waals surface area contributed by atoms with Crippen molar-refractivity contribution in [3.05, 3.63) is 53.1 Å². The number of benzene rings is 2. The van der Waals surface area contributed by atoms with E-state index < -0.39 is 5.91 Å². The van der Waals surface area contributed by atoms with Crippen LogP contribution >= 0.6 is 0 Å². The number of rotatable bonds is 9. The van der Waals surface area contributed by atoms with Crippen molar-refractivity contribution < 1.29 is 28.6 Å². The molecule has 1 fully saturated rings. The second kappa shape index (κ2) is 10.5. The highest BCUT2D eigenvalue weighted by atomic mass is 16.5. The maximum atomic E-state index is 12.7. The van der Waals surface area contributed by atoms with Crippen LogP contribution in [-0.2, 0) is 11.3 Å². The molecule has 0 aromatic heterocycles. The van der Waals surface area contributed by atoms with Gasteiger partial charge >= 0.3 is 0 Å². The molecule has 0 spiro atoms. The van der Waals surface area contributed by atoms with Crippen LogP contribution in [0.2, 0.25) is 0 Å². The highest BCUT2D eigenvalue weighted by molar-refractivity contribution is 5.96. The highest BCUT2D eigenvalue weighted by Crippen LogP contribution is 2.38. The molecule has 0 bridgehead atoms. The van der Waals surface area contributed by atoms with Gasteiger partial charge in [-0.25, -0.2) is 0 Å². The lowest BCUT2D eigenvalue weighted by molar-refractivity contribution is -0.120. The Kier molecular flexibility index (Phi) is 7.54. The van der Waals surface area contributed by atoms with E-state index in [9.17, 15) is 14.4 Å². The van der Waals surface area contributed by atoms with Crippen molar-refractivity contribution in [2.75, 3.05) is 33.9 Å². The molecular weight excluding hydrogens is 414 g/mol. The number of nitrogens with two attached hydrogens (primary N) is 1. The van der Waals surface area contributed by atoms with Crippen molar-refractivity contribution in [3.63, 3.8) is 0 Å². The predicted octanol–water partition coefficient (Wildman–Crippen LogP) is 1.73. The number of carbonyl (C=O) groups excluding carboxylic acids is 3. The van der Waals surface area contributed by atoms with E-state index in [1.165, 1.54) is 26.4 Å². The first-order valence-corrected chi connectivity index (χ1v) is 10.3. The lowest BCUT2D eigenvalue weighted by Gasteiger charge is -2.16. The smallest absolute Gasteiger partial charge is 0.255 e. The quantitative estimate of drug-likeness (QED) is 0.612. The van der Waals surface area contributed by atoms with E-state index in [1.807, 2.05) is 17.0 Å². The monoisotopic (exact) mass is 441 g/mol. The molecule has 3 rings (SSSR count). The number of nitrogens with one attached hydrogen (secondary N) is 1. The van der Waals surface area contributed by atoms with Gasteiger partial charge in [-0.2, -0.15) is 0 Å². The SMILES string of the molecule is COc1cc(C(=O)NCc2cccc(C(=O)N3CCCC3)c2)cc(OC)c1OCC(N)=O. The topological polar surface area (TPSA) is 120 Å². The van der Waals surface area contributed by atoms with E-state index >= 15 is 0 Å². The summed E-state index contributed by atoms with van der Waals surface area (Å²) in [5.41, 5.74) is 6.83. The average Bonchev–Trinajstić information content (AvgIpc) is 3.35. The molecule has 32 heavy (non-hydrogen) atoms. The van der Waals surface area contributed by atoms with Crippen molar-refractivity contribution in [1.82, 2.24) is 10.2 Å². The van der Waals surface area contributed by atoms with E-state index in [1.54, 1.807) is 12.1 Å². The van der Waals surface area contributed by atoms with Gasteiger partial charge in [0.25, 0.3) is 17.7 Å². The number of primary amides is 1. The zero-order chi connectivity index (χ0) is 23.1. The number of ether oxygens (including phenoxy) is 3. The van der Waals surface area contributed by atoms with Crippen molar-refractivity contribution in [2.24, 2.45) is 5.73 Å². The summed E-state index contributed by atoms with van der Waals surface area (Å²) in [6.07, 6.45) is 2.06. The molecule has 0 unspecified atom stereocenters. The summed E-state index contributed by atoms with van der Waals surface area (Å²) in [6.45, 7) is 1.44. The van der Waals surface area contributed by atoms with Crippen LogP contribution in [0.1, 0.15) is 39.1 Å². The Balaban J connectivity index is 1.71. The molecular formula is C23H27N3O6. The first-order chi connectivity index (χ1) is 15.4. The van der Waals surface area contributed by atoms with Crippen LogP contribution in [0.15, 0.2) is 36.4 Å². The molecule has 1 heterocycles. The number of nitrogens with zero attached hydrogens (tertiary/aromatic N) is 1. The van der Waals surface area contributed by atoms with Gasteiger partial charge in [0.15, 0.2) is 18.1 Å². The lowest BCUT2D eigenvalue weighted by atomic mass is 10.1. The van der Waals surface area contributed by atoms with Crippen LogP contribution in [0, 0.1) is 0 Å². The number of hydrogen-bond acceptors (Lipinski definition) is 6. The molecule has 2 aromatic carbocycles. The molecule has 0 aliphatic carbocycles. The van der Waals surface area contributed by atoms with E-state index in [4.69, 9.17) is 19.9 Å². The van der Waals surface area contributed by atoms with Gasteiger partial charge in [-0.3, -0.25) is 14.4 Å². The van der Waals surface area contributed by atoms with Gasteiger partial charge in [0, 0.05) is 30.8 Å². The zero-order valence-electron chi connectivity index (χ0n) is 18.2. The summed E-state index contributed by atoms with van der Waals surface area (Å²) in [4.78, 5) is 38.2. The lowest BCUT2D eigenvalue weighted by Crippen LogP contribution is -2.28. The fourth-order valence-electron chi connectivity index (χ4n) is 3.50. The van der Waals surface area contributed by atoms with Gasteiger partial charge in [0.2, 0.25) is 5.75 Å². The molecule has 9 heteroatoms. The maximum Gasteiger partial charge on any atom is 0.255 e. The molecule has 3 amide bonds. The summed E-state index contributed by atoms with van der Waals surface area (Å²) < 4.78 is 15.9. The zero-order valence-corrected chi connectivity index (χ0v) is 18.2. The summed E-state index contributed by atoms with van der Waals surface area (Å²) in [7, 11) is 2.83. The first-order valence-electron chi connectivity index (χ1n) is 10.3. The third-order valence-corrected chi connectivity index (χ3v) is 5.10. The van der Waals surface area contributed by atoms with E-state index in [2.05, 4.69) is 5.32 Å². The molecule has 1 aliphatic rings. The summed E-state index contributed by atoms with van der Waals surface area (Å²) in [5.74, 6) is -0.362. The maximum absolute atomic E-state index is 12.7. The number of likely N-dealkylation sites (tertiary alicyclic amines) is 1. The van der Waals surface area contributed by atoms with Crippen molar-refractivity contribution in [3.8, 4) is 17.2 Å². The van der Waals surface area contributed by atoms with Gasteiger partial charge < -0.3 is 30.2 Å². The third-order valence-electron chi connectivity index (χ3n) is 5.10. The van der Waals surface area contributed by atoms with Gasteiger partial charge in [-0.15, -0.1) is 0 Å². The minimum atomic E-state index is -0.652. The molecule has 3 N–H and O–H groups in total.